The highest BCUT2D eigenvalue weighted by Gasteiger charge is 2.27. The van der Waals surface area contributed by atoms with E-state index in [0.717, 1.165) is 16.1 Å². The molecule has 2 heterocycles. The second-order valence-electron chi connectivity index (χ2n) is 3.98. The Morgan fingerprint density at radius 2 is 2.00 bits per heavy atom. The number of fused-ring (bicyclic) bond motifs is 1. The van der Waals surface area contributed by atoms with Gasteiger partial charge in [0.2, 0.25) is 0 Å². The molecule has 1 aromatic carbocycles. The van der Waals surface area contributed by atoms with Crippen LogP contribution in [0.5, 0.6) is 0 Å². The largest absolute Gasteiger partial charge is 0.419 e. The fraction of sp³-hybridized carbons (Fsp3) is 0.0714. The Morgan fingerprint density at radius 3 is 2.78 bits per heavy atom. The third kappa shape index (κ3) is 1.80. The lowest BCUT2D eigenvalue weighted by Gasteiger charge is -2.24. The van der Waals surface area contributed by atoms with Gasteiger partial charge in [0, 0.05) is 7.05 Å². The van der Waals surface area contributed by atoms with E-state index in [1.54, 1.807) is 18.4 Å². The van der Waals surface area contributed by atoms with Gasteiger partial charge in [-0.15, -0.1) is 11.3 Å². The number of hydrogen-bond donors (Lipinski definition) is 0. The monoisotopic (exact) mass is 257 g/mol. The van der Waals surface area contributed by atoms with E-state index in [1.165, 1.54) is 4.90 Å². The number of nitrogens with zero attached hydrogens (tertiary/aromatic N) is 1. The molecule has 0 aliphatic carbocycles. The summed E-state index contributed by atoms with van der Waals surface area (Å²) in [7, 11) is 1.72. The molecule has 1 aromatic heterocycles. The molecular formula is C14H11NO2S. The van der Waals surface area contributed by atoms with Gasteiger partial charge in [-0.3, -0.25) is 4.90 Å². The number of benzene rings is 1. The quantitative estimate of drug-likeness (QED) is 0.777. The van der Waals surface area contributed by atoms with Crippen LogP contribution < -0.4 is 4.90 Å². The summed E-state index contributed by atoms with van der Waals surface area (Å²) >= 11 is 1.57. The van der Waals surface area contributed by atoms with Crippen LogP contribution in [-0.4, -0.2) is 13.1 Å². The average Bonchev–Trinajstić information content (AvgIpc) is 2.86. The van der Waals surface area contributed by atoms with E-state index >= 15 is 0 Å². The fourth-order valence-electron chi connectivity index (χ4n) is 1.85. The Labute approximate surface area is 109 Å². The summed E-state index contributed by atoms with van der Waals surface area (Å²) in [5, 5.41) is 1.96. The lowest BCUT2D eigenvalue weighted by Crippen LogP contribution is -2.30. The van der Waals surface area contributed by atoms with Gasteiger partial charge >= 0.3 is 6.09 Å². The minimum atomic E-state index is -0.344. The van der Waals surface area contributed by atoms with Crippen molar-refractivity contribution >= 4 is 35.0 Å². The minimum Gasteiger partial charge on any atom is -0.408 e. The Hall–Kier alpha value is -2.07. The molecule has 3 nitrogen and oxygen atoms in total. The van der Waals surface area contributed by atoms with Crippen LogP contribution in [0.15, 0.2) is 41.8 Å². The minimum absolute atomic E-state index is 0.344. The molecule has 4 heteroatoms. The molecule has 1 aliphatic rings. The van der Waals surface area contributed by atoms with E-state index in [-0.39, 0.29) is 6.09 Å². The van der Waals surface area contributed by atoms with E-state index in [0.29, 0.717) is 5.76 Å². The van der Waals surface area contributed by atoms with Gasteiger partial charge in [-0.2, -0.15) is 0 Å². The van der Waals surface area contributed by atoms with Crippen LogP contribution in [0, 0.1) is 0 Å². The normalized spacial score (nSPS) is 16.6. The molecule has 0 saturated carbocycles. The van der Waals surface area contributed by atoms with Crippen molar-refractivity contribution in [1.82, 2.24) is 0 Å². The SMILES string of the molecule is CN1C(=O)O/C(=C\c2ccccc2)c2sccc21. The molecular weight excluding hydrogens is 246 g/mol. The zero-order chi connectivity index (χ0) is 12.5. The molecule has 1 amide bonds. The van der Waals surface area contributed by atoms with Crippen molar-refractivity contribution in [2.45, 2.75) is 0 Å². The molecule has 0 saturated heterocycles. The van der Waals surface area contributed by atoms with Crippen LogP contribution in [0.3, 0.4) is 0 Å². The lowest BCUT2D eigenvalue weighted by molar-refractivity contribution is 0.199. The fourth-order valence-corrected chi connectivity index (χ4v) is 2.73. The van der Waals surface area contributed by atoms with E-state index in [9.17, 15) is 4.79 Å². The summed E-state index contributed by atoms with van der Waals surface area (Å²) in [4.78, 5) is 14.2. The van der Waals surface area contributed by atoms with Gasteiger partial charge in [0.1, 0.15) is 0 Å². The molecule has 3 rings (SSSR count). The summed E-state index contributed by atoms with van der Waals surface area (Å²) < 4.78 is 5.35. The molecule has 1 aliphatic heterocycles. The van der Waals surface area contributed by atoms with E-state index in [4.69, 9.17) is 4.74 Å². The van der Waals surface area contributed by atoms with Gasteiger partial charge in [0.05, 0.1) is 10.6 Å². The number of cyclic esters (lactones) is 1. The highest BCUT2D eigenvalue weighted by Crippen LogP contribution is 2.38. The molecule has 0 radical (unpaired) electrons. The molecule has 0 spiro atoms. The number of amides is 1. The first-order valence-electron chi connectivity index (χ1n) is 5.56. The third-order valence-corrected chi connectivity index (χ3v) is 3.72. The van der Waals surface area contributed by atoms with Crippen molar-refractivity contribution in [3.63, 3.8) is 0 Å². The number of rotatable bonds is 1. The van der Waals surface area contributed by atoms with Crippen molar-refractivity contribution in [1.29, 1.82) is 0 Å². The lowest BCUT2D eigenvalue weighted by atomic mass is 10.2. The first-order chi connectivity index (χ1) is 8.75. The Morgan fingerprint density at radius 1 is 1.22 bits per heavy atom. The maximum absolute atomic E-state index is 11.7. The zero-order valence-electron chi connectivity index (χ0n) is 9.79. The van der Waals surface area contributed by atoms with Crippen LogP contribution in [-0.2, 0) is 4.74 Å². The molecule has 2 aromatic rings. The van der Waals surface area contributed by atoms with Gasteiger partial charge in [-0.05, 0) is 23.1 Å². The molecule has 0 unspecified atom stereocenters. The third-order valence-electron chi connectivity index (χ3n) is 2.80. The van der Waals surface area contributed by atoms with Crippen molar-refractivity contribution in [2.75, 3.05) is 11.9 Å². The van der Waals surface area contributed by atoms with Crippen molar-refractivity contribution in [3.05, 3.63) is 52.2 Å². The smallest absolute Gasteiger partial charge is 0.408 e. The van der Waals surface area contributed by atoms with Gasteiger partial charge in [-0.1, -0.05) is 30.3 Å². The Bertz CT molecular complexity index is 616. The highest BCUT2D eigenvalue weighted by atomic mass is 32.1. The molecule has 0 bridgehead atoms. The molecule has 90 valence electrons. The predicted molar refractivity (Wildman–Crippen MR) is 73.5 cm³/mol. The van der Waals surface area contributed by atoms with Gasteiger partial charge in [-0.25, -0.2) is 4.79 Å². The summed E-state index contributed by atoms with van der Waals surface area (Å²) in [5.41, 5.74) is 1.92. The molecule has 0 N–H and O–H groups in total. The summed E-state index contributed by atoms with van der Waals surface area (Å²) in [6, 6.07) is 11.8. The first kappa shape index (κ1) is 11.0. The van der Waals surface area contributed by atoms with Gasteiger partial charge in [0.25, 0.3) is 0 Å². The topological polar surface area (TPSA) is 29.5 Å². The van der Waals surface area contributed by atoms with Crippen LogP contribution in [0.2, 0.25) is 0 Å². The number of ether oxygens (including phenoxy) is 1. The number of carbonyl (C=O) groups excluding carboxylic acids is 1. The van der Waals surface area contributed by atoms with Crippen LogP contribution in [0.1, 0.15) is 10.4 Å². The van der Waals surface area contributed by atoms with Crippen molar-refractivity contribution in [3.8, 4) is 0 Å². The Balaban J connectivity index is 2.07. The summed E-state index contributed by atoms with van der Waals surface area (Å²) in [6.07, 6.45) is 1.54. The Kier molecular flexibility index (Phi) is 2.64. The van der Waals surface area contributed by atoms with Crippen LogP contribution in [0.25, 0.3) is 11.8 Å². The van der Waals surface area contributed by atoms with Crippen LogP contribution >= 0.6 is 11.3 Å². The molecule has 0 atom stereocenters. The van der Waals surface area contributed by atoms with Crippen molar-refractivity contribution in [2.24, 2.45) is 0 Å². The van der Waals surface area contributed by atoms with E-state index in [1.807, 2.05) is 47.9 Å². The number of carbonyl (C=O) groups is 1. The van der Waals surface area contributed by atoms with Crippen LogP contribution in [0.4, 0.5) is 10.5 Å². The maximum atomic E-state index is 11.7. The van der Waals surface area contributed by atoms with Gasteiger partial charge in [0.15, 0.2) is 5.76 Å². The standard InChI is InChI=1S/C14H11NO2S/c1-15-11-7-8-18-13(11)12(17-14(15)16)9-10-5-3-2-4-6-10/h2-9H,1H3/b12-9-. The first-order valence-corrected chi connectivity index (χ1v) is 6.44. The number of hydrogen-bond acceptors (Lipinski definition) is 3. The average molecular weight is 257 g/mol. The number of anilines is 1. The zero-order valence-corrected chi connectivity index (χ0v) is 10.6. The summed E-state index contributed by atoms with van der Waals surface area (Å²) in [6.45, 7) is 0. The maximum Gasteiger partial charge on any atom is 0.419 e. The van der Waals surface area contributed by atoms with Gasteiger partial charge < -0.3 is 4.74 Å². The summed E-state index contributed by atoms with van der Waals surface area (Å²) in [5.74, 6) is 0.620. The van der Waals surface area contributed by atoms with E-state index < -0.39 is 0 Å². The van der Waals surface area contributed by atoms with E-state index in [2.05, 4.69) is 0 Å². The molecule has 18 heavy (non-hydrogen) atoms. The van der Waals surface area contributed by atoms with Crippen molar-refractivity contribution < 1.29 is 9.53 Å². The second-order valence-corrected chi connectivity index (χ2v) is 4.90. The highest BCUT2D eigenvalue weighted by molar-refractivity contribution is 7.11. The second kappa shape index (κ2) is 4.31. The molecule has 0 fully saturated rings. The number of thiophene rings is 1. The predicted octanol–water partition coefficient (Wildman–Crippen LogP) is 3.83.